The van der Waals surface area contributed by atoms with E-state index in [4.69, 9.17) is 21.6 Å². The van der Waals surface area contributed by atoms with Gasteiger partial charge in [0.1, 0.15) is 6.07 Å². The SMILES string of the molecule is Cc1ccc(Cn2cnc(C(F)(F)C(F)F)c(Oc3cc(Cl)cc(C#N)c3F)c2=O)c(=O)[nH]1. The molecule has 0 aliphatic rings. The van der Waals surface area contributed by atoms with E-state index in [1.165, 1.54) is 18.2 Å². The van der Waals surface area contributed by atoms with Gasteiger partial charge in [0.25, 0.3) is 11.1 Å². The summed E-state index contributed by atoms with van der Waals surface area (Å²) in [6.45, 7) is 1.11. The van der Waals surface area contributed by atoms with Gasteiger partial charge in [-0.05, 0) is 25.1 Å². The maximum Gasteiger partial charge on any atom is 0.352 e. The number of hydrogen-bond donors (Lipinski definition) is 1. The normalized spacial score (nSPS) is 11.5. The van der Waals surface area contributed by atoms with Crippen LogP contribution >= 0.6 is 11.6 Å². The molecule has 0 saturated carbocycles. The van der Waals surface area contributed by atoms with Crippen LogP contribution in [0.15, 0.2) is 40.2 Å². The van der Waals surface area contributed by atoms with Gasteiger partial charge in [0.05, 0.1) is 18.4 Å². The molecule has 7 nitrogen and oxygen atoms in total. The maximum atomic E-state index is 14.5. The molecule has 0 aliphatic carbocycles. The van der Waals surface area contributed by atoms with Crippen LogP contribution in [-0.4, -0.2) is 21.0 Å². The fourth-order valence-corrected chi connectivity index (χ4v) is 2.96. The van der Waals surface area contributed by atoms with Gasteiger partial charge in [0.2, 0.25) is 5.75 Å². The Balaban J connectivity index is 2.20. The zero-order valence-electron chi connectivity index (χ0n) is 16.5. The molecule has 3 aromatic rings. The monoisotopic (exact) mass is 486 g/mol. The van der Waals surface area contributed by atoms with Gasteiger partial charge < -0.3 is 9.72 Å². The van der Waals surface area contributed by atoms with Crippen molar-refractivity contribution in [3.8, 4) is 17.6 Å². The lowest BCUT2D eigenvalue weighted by atomic mass is 10.2. The second-order valence-electron chi connectivity index (χ2n) is 6.75. The summed E-state index contributed by atoms with van der Waals surface area (Å²) in [6, 6.07) is 5.99. The Morgan fingerprint density at radius 2 is 2.00 bits per heavy atom. The van der Waals surface area contributed by atoms with E-state index in [0.717, 1.165) is 12.1 Å². The summed E-state index contributed by atoms with van der Waals surface area (Å²) in [5.41, 5.74) is -3.87. The molecule has 0 unspecified atom stereocenters. The predicted octanol–water partition coefficient (Wildman–Crippen LogP) is 4.10. The molecule has 0 bridgehead atoms. The Kier molecular flexibility index (Phi) is 6.55. The molecular formula is C20H12ClF5N4O3. The highest BCUT2D eigenvalue weighted by atomic mass is 35.5. The van der Waals surface area contributed by atoms with Gasteiger partial charge >= 0.3 is 12.3 Å². The Labute approximate surface area is 186 Å². The van der Waals surface area contributed by atoms with Crippen molar-refractivity contribution in [1.29, 1.82) is 5.26 Å². The first-order valence-corrected chi connectivity index (χ1v) is 9.35. The average Bonchev–Trinajstić information content (AvgIpc) is 2.74. The van der Waals surface area contributed by atoms with E-state index in [-0.39, 0.29) is 10.6 Å². The number of benzene rings is 1. The minimum atomic E-state index is -4.94. The zero-order chi connectivity index (χ0) is 24.5. The summed E-state index contributed by atoms with van der Waals surface area (Å²) in [5.74, 6) is -8.66. The third-order valence-electron chi connectivity index (χ3n) is 4.40. The van der Waals surface area contributed by atoms with Crippen LogP contribution in [0.1, 0.15) is 22.5 Å². The standard InChI is InChI=1S/C20H12ClF5N4O3/c1-9-2-3-10(17(31)29-9)7-30-8-28-16(20(25,26)19(23)24)15(18(30)32)33-13-5-12(21)4-11(6-27)14(13)22/h2-5,8,19H,7H2,1H3,(H,29,31). The van der Waals surface area contributed by atoms with Gasteiger partial charge in [0, 0.05) is 22.3 Å². The molecule has 33 heavy (non-hydrogen) atoms. The number of H-pyrrole nitrogens is 1. The number of nitrogens with zero attached hydrogens (tertiary/aromatic N) is 3. The second-order valence-corrected chi connectivity index (χ2v) is 7.19. The Morgan fingerprint density at radius 3 is 2.61 bits per heavy atom. The van der Waals surface area contributed by atoms with Crippen molar-refractivity contribution < 1.29 is 26.7 Å². The van der Waals surface area contributed by atoms with Crippen LogP contribution in [0.2, 0.25) is 5.02 Å². The number of ether oxygens (including phenoxy) is 1. The van der Waals surface area contributed by atoms with E-state index in [2.05, 4.69) is 9.97 Å². The summed E-state index contributed by atoms with van der Waals surface area (Å²) in [6.07, 6.45) is -3.74. The molecule has 3 rings (SSSR count). The molecule has 0 aliphatic heterocycles. The average molecular weight is 487 g/mol. The van der Waals surface area contributed by atoms with Gasteiger partial charge in [-0.3, -0.25) is 14.2 Å². The van der Waals surface area contributed by atoms with Crippen molar-refractivity contribution in [1.82, 2.24) is 14.5 Å². The van der Waals surface area contributed by atoms with Gasteiger partial charge in [0.15, 0.2) is 17.3 Å². The molecule has 0 spiro atoms. The van der Waals surface area contributed by atoms with Crippen LogP contribution in [0.5, 0.6) is 11.5 Å². The number of halogens is 6. The molecule has 2 heterocycles. The van der Waals surface area contributed by atoms with Gasteiger partial charge in [-0.1, -0.05) is 11.6 Å². The molecule has 1 N–H and O–H groups in total. The van der Waals surface area contributed by atoms with Crippen LogP contribution in [0.25, 0.3) is 0 Å². The first-order valence-electron chi connectivity index (χ1n) is 8.97. The maximum absolute atomic E-state index is 14.5. The lowest BCUT2D eigenvalue weighted by molar-refractivity contribution is -0.139. The van der Waals surface area contributed by atoms with E-state index in [9.17, 15) is 31.5 Å². The summed E-state index contributed by atoms with van der Waals surface area (Å²) in [4.78, 5) is 30.7. The highest BCUT2D eigenvalue weighted by Crippen LogP contribution is 2.39. The number of aromatic nitrogens is 3. The molecule has 0 atom stereocenters. The fraction of sp³-hybridized carbons (Fsp3) is 0.200. The van der Waals surface area contributed by atoms with E-state index in [1.54, 1.807) is 6.92 Å². The Bertz CT molecular complexity index is 1380. The number of nitrogens with one attached hydrogen (secondary N) is 1. The van der Waals surface area contributed by atoms with Crippen LogP contribution in [0.3, 0.4) is 0 Å². The van der Waals surface area contributed by atoms with Crippen LogP contribution in [0, 0.1) is 24.1 Å². The fourth-order valence-electron chi connectivity index (χ4n) is 2.76. The van der Waals surface area contributed by atoms with Crippen LogP contribution < -0.4 is 15.9 Å². The Hall–Kier alpha value is -3.72. The molecule has 2 aromatic heterocycles. The first kappa shape index (κ1) is 23.9. The van der Waals surface area contributed by atoms with Crippen molar-refractivity contribution in [2.24, 2.45) is 0 Å². The molecular weight excluding hydrogens is 475 g/mol. The highest BCUT2D eigenvalue weighted by molar-refractivity contribution is 6.30. The summed E-state index contributed by atoms with van der Waals surface area (Å²) in [7, 11) is 0. The minimum Gasteiger partial charge on any atom is -0.446 e. The van der Waals surface area contributed by atoms with Gasteiger partial charge in [-0.2, -0.15) is 14.0 Å². The first-order chi connectivity index (χ1) is 15.4. The second kappa shape index (κ2) is 9.03. The zero-order valence-corrected chi connectivity index (χ0v) is 17.3. The summed E-state index contributed by atoms with van der Waals surface area (Å²) >= 11 is 5.75. The molecule has 0 radical (unpaired) electrons. The van der Waals surface area contributed by atoms with Crippen molar-refractivity contribution in [2.75, 3.05) is 0 Å². The number of alkyl halides is 4. The van der Waals surface area contributed by atoms with E-state index >= 15 is 0 Å². The number of aromatic amines is 1. The smallest absolute Gasteiger partial charge is 0.352 e. The summed E-state index contributed by atoms with van der Waals surface area (Å²) < 4.78 is 74.4. The molecule has 172 valence electrons. The van der Waals surface area contributed by atoms with E-state index in [0.29, 0.717) is 16.6 Å². The van der Waals surface area contributed by atoms with Gasteiger partial charge in [-0.25, -0.2) is 18.2 Å². The lowest BCUT2D eigenvalue weighted by Crippen LogP contribution is -2.32. The minimum absolute atomic E-state index is 0.0181. The number of pyridine rings is 1. The lowest BCUT2D eigenvalue weighted by Gasteiger charge is -2.19. The van der Waals surface area contributed by atoms with Crippen molar-refractivity contribution in [2.45, 2.75) is 25.8 Å². The molecule has 13 heteroatoms. The van der Waals surface area contributed by atoms with Gasteiger partial charge in [-0.15, -0.1) is 0 Å². The molecule has 0 saturated heterocycles. The third-order valence-corrected chi connectivity index (χ3v) is 4.62. The van der Waals surface area contributed by atoms with Crippen LogP contribution in [-0.2, 0) is 12.5 Å². The van der Waals surface area contributed by atoms with Crippen LogP contribution in [0.4, 0.5) is 22.0 Å². The number of rotatable bonds is 6. The molecule has 0 amide bonds. The molecule has 0 fully saturated rings. The highest BCUT2D eigenvalue weighted by Gasteiger charge is 2.48. The quantitative estimate of drug-likeness (QED) is 0.529. The largest absolute Gasteiger partial charge is 0.446 e. The van der Waals surface area contributed by atoms with Crippen molar-refractivity contribution >= 4 is 11.6 Å². The topological polar surface area (TPSA) is 101 Å². The van der Waals surface area contributed by atoms with E-state index in [1.807, 2.05) is 0 Å². The van der Waals surface area contributed by atoms with Crippen molar-refractivity contribution in [3.05, 3.63) is 84.7 Å². The Morgan fingerprint density at radius 1 is 1.30 bits per heavy atom. The predicted molar refractivity (Wildman–Crippen MR) is 105 cm³/mol. The molecule has 1 aromatic carbocycles. The third kappa shape index (κ3) is 4.73. The number of nitriles is 1. The number of aryl methyl sites for hydroxylation is 1. The number of hydrogen-bond acceptors (Lipinski definition) is 5. The van der Waals surface area contributed by atoms with Crippen molar-refractivity contribution in [3.63, 3.8) is 0 Å². The van der Waals surface area contributed by atoms with E-state index < -0.39 is 58.6 Å². The summed E-state index contributed by atoms with van der Waals surface area (Å²) in [5, 5.41) is 8.71.